The van der Waals surface area contributed by atoms with E-state index in [0.717, 1.165) is 17.2 Å². The van der Waals surface area contributed by atoms with Gasteiger partial charge in [0.05, 0.1) is 0 Å². The fourth-order valence-electron chi connectivity index (χ4n) is 1.84. The summed E-state index contributed by atoms with van der Waals surface area (Å²) >= 11 is 1.71. The van der Waals surface area contributed by atoms with E-state index in [2.05, 4.69) is 29.1 Å². The fraction of sp³-hybridized carbons (Fsp3) is 0.231. The molecule has 0 saturated heterocycles. The maximum absolute atomic E-state index is 5.35. The van der Waals surface area contributed by atoms with Gasteiger partial charge in [0.1, 0.15) is 0 Å². The summed E-state index contributed by atoms with van der Waals surface area (Å²) in [5, 5.41) is 7.69. The molecule has 0 spiro atoms. The molecule has 1 N–H and O–H groups in total. The van der Waals surface area contributed by atoms with Crippen LogP contribution < -0.4 is 14.8 Å². The maximum atomic E-state index is 5.35. The standard InChI is InChI=1S/C13H13NO2S/c1-9(10-4-5-17-7-10)14-11-2-3-12-13(6-11)16-8-15-12/h2-7,9,14H,8H2,1H3. The molecular weight excluding hydrogens is 234 g/mol. The molecule has 0 bridgehead atoms. The van der Waals surface area contributed by atoms with Crippen LogP contribution in [0, 0.1) is 0 Å². The summed E-state index contributed by atoms with van der Waals surface area (Å²) in [6.45, 7) is 2.46. The van der Waals surface area contributed by atoms with Crippen molar-refractivity contribution in [3.05, 3.63) is 40.6 Å². The van der Waals surface area contributed by atoms with Crippen LogP contribution in [0.25, 0.3) is 0 Å². The maximum Gasteiger partial charge on any atom is 0.231 e. The first kappa shape index (κ1) is 10.5. The lowest BCUT2D eigenvalue weighted by Gasteiger charge is -2.14. The van der Waals surface area contributed by atoms with Crippen molar-refractivity contribution in [3.63, 3.8) is 0 Å². The predicted octanol–water partition coefficient (Wildman–Crippen LogP) is 3.65. The molecular formula is C13H13NO2S. The van der Waals surface area contributed by atoms with Gasteiger partial charge in [0.2, 0.25) is 6.79 Å². The number of benzene rings is 1. The second-order valence-electron chi connectivity index (χ2n) is 3.99. The molecule has 0 fully saturated rings. The van der Waals surface area contributed by atoms with Gasteiger partial charge in [-0.1, -0.05) is 0 Å². The van der Waals surface area contributed by atoms with Gasteiger partial charge in [-0.3, -0.25) is 0 Å². The minimum absolute atomic E-state index is 0.293. The second kappa shape index (κ2) is 4.30. The van der Waals surface area contributed by atoms with Crippen molar-refractivity contribution < 1.29 is 9.47 Å². The van der Waals surface area contributed by atoms with Crippen molar-refractivity contribution in [1.29, 1.82) is 0 Å². The molecule has 1 unspecified atom stereocenters. The molecule has 2 heterocycles. The van der Waals surface area contributed by atoms with E-state index in [1.807, 2.05) is 18.2 Å². The molecule has 1 aromatic carbocycles. The topological polar surface area (TPSA) is 30.5 Å². The Balaban J connectivity index is 1.77. The Morgan fingerprint density at radius 3 is 2.94 bits per heavy atom. The molecule has 1 aliphatic rings. The van der Waals surface area contributed by atoms with Gasteiger partial charge in [-0.15, -0.1) is 0 Å². The Morgan fingerprint density at radius 1 is 1.24 bits per heavy atom. The monoisotopic (exact) mass is 247 g/mol. The number of hydrogen-bond donors (Lipinski definition) is 1. The number of hydrogen-bond acceptors (Lipinski definition) is 4. The molecule has 3 nitrogen and oxygen atoms in total. The molecule has 1 aromatic heterocycles. The zero-order chi connectivity index (χ0) is 11.7. The smallest absolute Gasteiger partial charge is 0.231 e. The predicted molar refractivity (Wildman–Crippen MR) is 68.9 cm³/mol. The average molecular weight is 247 g/mol. The minimum atomic E-state index is 0.293. The van der Waals surface area contributed by atoms with Gasteiger partial charge in [-0.2, -0.15) is 11.3 Å². The second-order valence-corrected chi connectivity index (χ2v) is 4.77. The molecule has 88 valence electrons. The minimum Gasteiger partial charge on any atom is -0.454 e. The molecule has 4 heteroatoms. The van der Waals surface area contributed by atoms with E-state index in [1.165, 1.54) is 5.56 Å². The van der Waals surface area contributed by atoms with Gasteiger partial charge in [0.15, 0.2) is 11.5 Å². The molecule has 17 heavy (non-hydrogen) atoms. The van der Waals surface area contributed by atoms with Crippen LogP contribution in [0.15, 0.2) is 35.0 Å². The summed E-state index contributed by atoms with van der Waals surface area (Å²) in [5.41, 5.74) is 2.35. The lowest BCUT2D eigenvalue weighted by atomic mass is 10.1. The summed E-state index contributed by atoms with van der Waals surface area (Å²) in [6, 6.07) is 8.35. The van der Waals surface area contributed by atoms with E-state index in [1.54, 1.807) is 11.3 Å². The van der Waals surface area contributed by atoms with Gasteiger partial charge in [-0.25, -0.2) is 0 Å². The highest BCUT2D eigenvalue weighted by Gasteiger charge is 2.14. The van der Waals surface area contributed by atoms with Crippen LogP contribution in [-0.2, 0) is 0 Å². The molecule has 3 rings (SSSR count). The summed E-state index contributed by atoms with van der Waals surface area (Å²) in [4.78, 5) is 0. The number of rotatable bonds is 3. The largest absolute Gasteiger partial charge is 0.454 e. The van der Waals surface area contributed by atoms with Crippen molar-refractivity contribution in [2.45, 2.75) is 13.0 Å². The van der Waals surface area contributed by atoms with Crippen LogP contribution in [0.2, 0.25) is 0 Å². The third-order valence-corrected chi connectivity index (χ3v) is 3.50. The van der Waals surface area contributed by atoms with Crippen molar-refractivity contribution in [2.24, 2.45) is 0 Å². The summed E-state index contributed by atoms with van der Waals surface area (Å²) in [6.07, 6.45) is 0. The molecule has 1 aliphatic heterocycles. The van der Waals surface area contributed by atoms with Gasteiger partial charge in [0.25, 0.3) is 0 Å². The molecule has 1 atom stereocenters. The molecule has 2 aromatic rings. The zero-order valence-electron chi connectivity index (χ0n) is 9.47. The van der Waals surface area contributed by atoms with E-state index in [9.17, 15) is 0 Å². The fourth-order valence-corrected chi connectivity index (χ4v) is 2.60. The van der Waals surface area contributed by atoms with Crippen LogP contribution in [0.4, 0.5) is 5.69 Å². The van der Waals surface area contributed by atoms with Crippen LogP contribution in [0.3, 0.4) is 0 Å². The normalized spacial score (nSPS) is 14.6. The van der Waals surface area contributed by atoms with E-state index in [4.69, 9.17) is 9.47 Å². The first-order valence-corrected chi connectivity index (χ1v) is 6.45. The van der Waals surface area contributed by atoms with Crippen molar-refractivity contribution in [3.8, 4) is 11.5 Å². The van der Waals surface area contributed by atoms with Crippen molar-refractivity contribution >= 4 is 17.0 Å². The van der Waals surface area contributed by atoms with E-state index in [-0.39, 0.29) is 0 Å². The van der Waals surface area contributed by atoms with Gasteiger partial charge < -0.3 is 14.8 Å². The van der Waals surface area contributed by atoms with E-state index in [0.29, 0.717) is 12.8 Å². The highest BCUT2D eigenvalue weighted by Crippen LogP contribution is 2.35. The third-order valence-electron chi connectivity index (χ3n) is 2.80. The Labute approximate surface area is 104 Å². The lowest BCUT2D eigenvalue weighted by Crippen LogP contribution is -2.05. The molecule has 0 aliphatic carbocycles. The van der Waals surface area contributed by atoms with Gasteiger partial charge in [0, 0.05) is 17.8 Å². The SMILES string of the molecule is CC(Nc1ccc2c(c1)OCO2)c1ccsc1. The zero-order valence-corrected chi connectivity index (χ0v) is 10.3. The Hall–Kier alpha value is -1.68. The summed E-state index contributed by atoms with van der Waals surface area (Å²) < 4.78 is 10.6. The van der Waals surface area contributed by atoms with Crippen molar-refractivity contribution in [2.75, 3.05) is 12.1 Å². The highest BCUT2D eigenvalue weighted by atomic mass is 32.1. The lowest BCUT2D eigenvalue weighted by molar-refractivity contribution is 0.174. The van der Waals surface area contributed by atoms with Crippen LogP contribution in [0.1, 0.15) is 18.5 Å². The summed E-state index contributed by atoms with van der Waals surface area (Å²) in [7, 11) is 0. The van der Waals surface area contributed by atoms with E-state index < -0.39 is 0 Å². The highest BCUT2D eigenvalue weighted by molar-refractivity contribution is 7.07. The average Bonchev–Trinajstić information content (AvgIpc) is 2.99. The third kappa shape index (κ3) is 2.08. The molecule has 0 saturated carbocycles. The van der Waals surface area contributed by atoms with Crippen molar-refractivity contribution in [1.82, 2.24) is 0 Å². The van der Waals surface area contributed by atoms with Crippen LogP contribution in [0.5, 0.6) is 11.5 Å². The Morgan fingerprint density at radius 2 is 2.12 bits per heavy atom. The molecule has 0 radical (unpaired) electrons. The first-order chi connectivity index (χ1) is 8.33. The van der Waals surface area contributed by atoms with Gasteiger partial charge in [-0.05, 0) is 41.4 Å². The number of thiophene rings is 1. The van der Waals surface area contributed by atoms with Crippen LogP contribution in [-0.4, -0.2) is 6.79 Å². The summed E-state index contributed by atoms with van der Waals surface area (Å²) in [5.74, 6) is 1.63. The van der Waals surface area contributed by atoms with Gasteiger partial charge >= 0.3 is 0 Å². The first-order valence-electron chi connectivity index (χ1n) is 5.51. The molecule has 0 amide bonds. The Kier molecular flexibility index (Phi) is 2.65. The number of nitrogens with one attached hydrogen (secondary N) is 1. The van der Waals surface area contributed by atoms with E-state index >= 15 is 0 Å². The number of fused-ring (bicyclic) bond motifs is 1. The van der Waals surface area contributed by atoms with Crippen LogP contribution >= 0.6 is 11.3 Å². The number of anilines is 1. The Bertz CT molecular complexity index is 510. The number of ether oxygens (including phenoxy) is 2. The quantitative estimate of drug-likeness (QED) is 0.898.